The van der Waals surface area contributed by atoms with Crippen LogP contribution < -0.4 is 15.2 Å². The van der Waals surface area contributed by atoms with Crippen molar-refractivity contribution in [2.75, 3.05) is 20.0 Å². The topological polar surface area (TPSA) is 73.2 Å². The summed E-state index contributed by atoms with van der Waals surface area (Å²) in [6.07, 6.45) is 0. The maximum absolute atomic E-state index is 14.2. The lowest BCUT2D eigenvalue weighted by Crippen LogP contribution is -2.02. The Morgan fingerprint density at radius 1 is 1.16 bits per heavy atom. The average molecular weight is 265 g/mol. The van der Waals surface area contributed by atoms with Crippen LogP contribution in [0.15, 0.2) is 6.07 Å². The van der Waals surface area contributed by atoms with Gasteiger partial charge >= 0.3 is 0 Å². The van der Waals surface area contributed by atoms with Crippen molar-refractivity contribution in [1.82, 2.24) is 10.2 Å². The standard InChI is InChI=1S/C13H16FN3O2/c1-6-10(8-5-9(15)17-16-8)12(18-3)7(2)11(14)13(6)19-4/h5H,1-4H3,(H3,15,16,17). The third-order valence-corrected chi connectivity index (χ3v) is 3.09. The first-order valence-electron chi connectivity index (χ1n) is 5.73. The molecule has 0 aliphatic carbocycles. The zero-order valence-electron chi connectivity index (χ0n) is 11.3. The van der Waals surface area contributed by atoms with E-state index < -0.39 is 5.82 Å². The summed E-state index contributed by atoms with van der Waals surface area (Å²) in [5.74, 6) is 0.575. The third kappa shape index (κ3) is 1.99. The first-order chi connectivity index (χ1) is 9.01. The SMILES string of the molecule is COc1c(C)c(-c2cc(N)n[nH]2)c(OC)c(C)c1F. The molecular weight excluding hydrogens is 249 g/mol. The summed E-state index contributed by atoms with van der Waals surface area (Å²) in [5, 5.41) is 6.68. The Balaban J connectivity index is 2.81. The summed E-state index contributed by atoms with van der Waals surface area (Å²) in [5.41, 5.74) is 7.98. The Kier molecular flexibility index (Phi) is 3.33. The second kappa shape index (κ2) is 4.79. The second-order valence-corrected chi connectivity index (χ2v) is 4.21. The van der Waals surface area contributed by atoms with E-state index >= 15 is 0 Å². The van der Waals surface area contributed by atoms with E-state index in [4.69, 9.17) is 15.2 Å². The number of nitrogens with one attached hydrogen (secondary N) is 1. The van der Waals surface area contributed by atoms with Gasteiger partial charge < -0.3 is 15.2 Å². The second-order valence-electron chi connectivity index (χ2n) is 4.21. The van der Waals surface area contributed by atoms with Crippen LogP contribution in [0, 0.1) is 19.7 Å². The minimum absolute atomic E-state index is 0.196. The molecule has 0 bridgehead atoms. The molecule has 0 radical (unpaired) electrons. The molecule has 1 aromatic carbocycles. The fraction of sp³-hybridized carbons (Fsp3) is 0.308. The van der Waals surface area contributed by atoms with E-state index in [1.54, 1.807) is 19.9 Å². The van der Waals surface area contributed by atoms with Gasteiger partial charge in [-0.1, -0.05) is 0 Å². The van der Waals surface area contributed by atoms with Crippen LogP contribution in [0.1, 0.15) is 11.1 Å². The zero-order valence-corrected chi connectivity index (χ0v) is 11.3. The molecule has 1 heterocycles. The molecule has 5 nitrogen and oxygen atoms in total. The van der Waals surface area contributed by atoms with Crippen molar-refractivity contribution in [1.29, 1.82) is 0 Å². The van der Waals surface area contributed by atoms with E-state index in [-0.39, 0.29) is 5.75 Å². The molecule has 6 heteroatoms. The molecule has 102 valence electrons. The number of rotatable bonds is 3. The average Bonchev–Trinajstić information content (AvgIpc) is 2.80. The maximum atomic E-state index is 14.2. The van der Waals surface area contributed by atoms with Crippen molar-refractivity contribution < 1.29 is 13.9 Å². The normalized spacial score (nSPS) is 10.6. The lowest BCUT2D eigenvalue weighted by Gasteiger charge is -2.17. The summed E-state index contributed by atoms with van der Waals surface area (Å²) < 4.78 is 24.6. The van der Waals surface area contributed by atoms with E-state index in [0.29, 0.717) is 34.0 Å². The number of hydrogen-bond acceptors (Lipinski definition) is 4. The van der Waals surface area contributed by atoms with Crippen LogP contribution in [-0.2, 0) is 0 Å². The van der Waals surface area contributed by atoms with Crippen LogP contribution in [-0.4, -0.2) is 24.4 Å². The van der Waals surface area contributed by atoms with Crippen molar-refractivity contribution >= 4 is 5.82 Å². The largest absolute Gasteiger partial charge is 0.496 e. The molecule has 0 spiro atoms. The Morgan fingerprint density at radius 2 is 1.79 bits per heavy atom. The predicted molar refractivity (Wildman–Crippen MR) is 71.0 cm³/mol. The van der Waals surface area contributed by atoms with E-state index in [9.17, 15) is 4.39 Å². The summed E-state index contributed by atoms with van der Waals surface area (Å²) in [6.45, 7) is 3.40. The lowest BCUT2D eigenvalue weighted by atomic mass is 9.99. The molecule has 0 saturated carbocycles. The minimum atomic E-state index is -0.423. The number of nitrogen functional groups attached to an aromatic ring is 1. The van der Waals surface area contributed by atoms with Crippen molar-refractivity contribution in [2.24, 2.45) is 0 Å². The molecule has 2 rings (SSSR count). The summed E-state index contributed by atoms with van der Waals surface area (Å²) in [7, 11) is 2.93. The number of aromatic amines is 1. The van der Waals surface area contributed by atoms with Gasteiger partial charge in [0.15, 0.2) is 11.6 Å². The number of ether oxygens (including phenoxy) is 2. The molecule has 0 aliphatic heterocycles. The molecule has 0 amide bonds. The van der Waals surface area contributed by atoms with Crippen LogP contribution in [0.3, 0.4) is 0 Å². The van der Waals surface area contributed by atoms with E-state index in [0.717, 1.165) is 0 Å². The van der Waals surface area contributed by atoms with Crippen LogP contribution in [0.5, 0.6) is 11.5 Å². The number of anilines is 1. The number of nitrogens with two attached hydrogens (primary N) is 1. The van der Waals surface area contributed by atoms with Gasteiger partial charge in [-0.3, -0.25) is 5.10 Å². The van der Waals surface area contributed by atoms with Crippen LogP contribution in [0.2, 0.25) is 0 Å². The fourth-order valence-electron chi connectivity index (χ4n) is 2.19. The Bertz CT molecular complexity index is 623. The molecule has 2 aromatic rings. The smallest absolute Gasteiger partial charge is 0.171 e. The van der Waals surface area contributed by atoms with Gasteiger partial charge in [0.25, 0.3) is 0 Å². The number of hydrogen-bond donors (Lipinski definition) is 2. The molecule has 0 atom stereocenters. The highest BCUT2D eigenvalue weighted by atomic mass is 19.1. The van der Waals surface area contributed by atoms with Gasteiger partial charge in [0.2, 0.25) is 0 Å². The molecule has 3 N–H and O–H groups in total. The molecular formula is C13H16FN3O2. The molecule has 0 unspecified atom stereocenters. The Labute approximate surface area is 110 Å². The first-order valence-corrected chi connectivity index (χ1v) is 5.73. The lowest BCUT2D eigenvalue weighted by molar-refractivity contribution is 0.371. The number of methoxy groups -OCH3 is 2. The number of benzene rings is 1. The van der Waals surface area contributed by atoms with Gasteiger partial charge in [-0.05, 0) is 13.8 Å². The highest BCUT2D eigenvalue weighted by Crippen LogP contribution is 2.42. The van der Waals surface area contributed by atoms with E-state index in [1.807, 2.05) is 0 Å². The van der Waals surface area contributed by atoms with Gasteiger partial charge in [0, 0.05) is 22.8 Å². The molecule has 0 saturated heterocycles. The van der Waals surface area contributed by atoms with Gasteiger partial charge in [-0.25, -0.2) is 4.39 Å². The van der Waals surface area contributed by atoms with E-state index in [2.05, 4.69) is 10.2 Å². The highest BCUT2D eigenvalue weighted by molar-refractivity contribution is 5.77. The molecule has 19 heavy (non-hydrogen) atoms. The molecule has 1 aromatic heterocycles. The monoisotopic (exact) mass is 265 g/mol. The Hall–Kier alpha value is -2.24. The van der Waals surface area contributed by atoms with E-state index in [1.165, 1.54) is 14.2 Å². The Morgan fingerprint density at radius 3 is 2.26 bits per heavy atom. The number of halogens is 1. The van der Waals surface area contributed by atoms with Crippen molar-refractivity contribution in [3.05, 3.63) is 23.0 Å². The number of aromatic nitrogens is 2. The van der Waals surface area contributed by atoms with Crippen molar-refractivity contribution in [3.8, 4) is 22.8 Å². The van der Waals surface area contributed by atoms with Crippen molar-refractivity contribution in [3.63, 3.8) is 0 Å². The summed E-state index contributed by atoms with van der Waals surface area (Å²) in [4.78, 5) is 0. The van der Waals surface area contributed by atoms with Crippen LogP contribution >= 0.6 is 0 Å². The molecule has 0 fully saturated rings. The fourth-order valence-corrected chi connectivity index (χ4v) is 2.19. The van der Waals surface area contributed by atoms with Gasteiger partial charge in [-0.2, -0.15) is 5.10 Å². The summed E-state index contributed by atoms with van der Waals surface area (Å²) in [6, 6.07) is 1.67. The van der Waals surface area contributed by atoms with Crippen LogP contribution in [0.25, 0.3) is 11.3 Å². The quantitative estimate of drug-likeness (QED) is 0.894. The number of nitrogens with zero attached hydrogens (tertiary/aromatic N) is 1. The first kappa shape index (κ1) is 13.2. The predicted octanol–water partition coefficient (Wildman–Crippen LogP) is 2.43. The van der Waals surface area contributed by atoms with Gasteiger partial charge in [-0.15, -0.1) is 0 Å². The summed E-state index contributed by atoms with van der Waals surface area (Å²) >= 11 is 0. The van der Waals surface area contributed by atoms with Gasteiger partial charge in [0.1, 0.15) is 11.6 Å². The highest BCUT2D eigenvalue weighted by Gasteiger charge is 2.23. The zero-order chi connectivity index (χ0) is 14.2. The minimum Gasteiger partial charge on any atom is -0.496 e. The number of H-pyrrole nitrogens is 1. The molecule has 0 aliphatic rings. The third-order valence-electron chi connectivity index (χ3n) is 3.09. The maximum Gasteiger partial charge on any atom is 0.171 e. The van der Waals surface area contributed by atoms with Crippen molar-refractivity contribution in [2.45, 2.75) is 13.8 Å². The van der Waals surface area contributed by atoms with Gasteiger partial charge in [0.05, 0.1) is 19.9 Å². The van der Waals surface area contributed by atoms with Crippen LogP contribution in [0.4, 0.5) is 10.2 Å².